The number of aryl methyl sites for hydroxylation is 3. The third-order valence-electron chi connectivity index (χ3n) is 11.2. The van der Waals surface area contributed by atoms with Gasteiger partial charge in [0, 0.05) is 26.1 Å². The molecule has 282 valence electrons. The number of hydrogen-bond acceptors (Lipinski definition) is 3. The Bertz CT molecular complexity index is 1460. The summed E-state index contributed by atoms with van der Waals surface area (Å²) in [6, 6.07) is 5.07. The molecule has 0 bridgehead atoms. The Morgan fingerprint density at radius 1 is 0.440 bits per heavy atom. The lowest BCUT2D eigenvalue weighted by molar-refractivity contribution is 0.553. The number of fused-ring (bicyclic) bond motifs is 3. The van der Waals surface area contributed by atoms with Crippen molar-refractivity contribution in [2.75, 3.05) is 0 Å². The van der Waals surface area contributed by atoms with Crippen LogP contribution in [0.15, 0.2) is 12.1 Å². The van der Waals surface area contributed by atoms with E-state index in [1.54, 1.807) is 30.5 Å². The number of hydrogen-bond donors (Lipinski definition) is 0. The van der Waals surface area contributed by atoms with Gasteiger partial charge >= 0.3 is 0 Å². The zero-order valence-corrected chi connectivity index (χ0v) is 35.8. The van der Waals surface area contributed by atoms with Crippen molar-refractivity contribution < 1.29 is 0 Å². The van der Waals surface area contributed by atoms with E-state index in [0.29, 0.717) is 0 Å². The lowest BCUT2D eigenvalue weighted by Crippen LogP contribution is -1.97. The smallest absolute Gasteiger partial charge is 0.0707 e. The number of thiophene rings is 3. The zero-order valence-electron chi connectivity index (χ0n) is 33.3. The van der Waals surface area contributed by atoms with Crippen LogP contribution in [-0.4, -0.2) is 4.57 Å². The molecule has 4 heterocycles. The van der Waals surface area contributed by atoms with E-state index in [1.165, 1.54) is 200 Å². The quantitative estimate of drug-likeness (QED) is 0.0470. The van der Waals surface area contributed by atoms with Crippen molar-refractivity contribution in [1.29, 1.82) is 0 Å². The lowest BCUT2D eigenvalue weighted by atomic mass is 9.96. The minimum atomic E-state index is 1.16. The van der Waals surface area contributed by atoms with E-state index in [2.05, 4.69) is 74.0 Å². The average Bonchev–Trinajstić information content (AvgIpc) is 3.85. The maximum Gasteiger partial charge on any atom is 0.0707 e. The van der Waals surface area contributed by atoms with Gasteiger partial charge in [-0.15, -0.1) is 34.0 Å². The van der Waals surface area contributed by atoms with Crippen LogP contribution in [0.1, 0.15) is 209 Å². The van der Waals surface area contributed by atoms with Crippen LogP contribution in [0.25, 0.3) is 30.2 Å². The van der Waals surface area contributed by atoms with E-state index in [0.717, 1.165) is 6.54 Å². The molecule has 4 aromatic heterocycles. The zero-order chi connectivity index (χ0) is 35.4. The predicted octanol–water partition coefficient (Wildman–Crippen LogP) is 17.6. The van der Waals surface area contributed by atoms with Gasteiger partial charge in [-0.3, -0.25) is 0 Å². The van der Waals surface area contributed by atoms with E-state index < -0.39 is 0 Å². The van der Waals surface area contributed by atoms with Gasteiger partial charge < -0.3 is 4.57 Å². The molecule has 0 unspecified atom stereocenters. The van der Waals surface area contributed by atoms with Gasteiger partial charge in [0.05, 0.1) is 20.4 Å². The van der Waals surface area contributed by atoms with Crippen molar-refractivity contribution in [1.82, 2.24) is 4.57 Å². The van der Waals surface area contributed by atoms with Crippen molar-refractivity contribution >= 4 is 54.4 Å². The van der Waals surface area contributed by atoms with Gasteiger partial charge in [0.2, 0.25) is 0 Å². The molecule has 4 rings (SSSR count). The van der Waals surface area contributed by atoms with E-state index >= 15 is 0 Å². The minimum absolute atomic E-state index is 1.16. The highest BCUT2D eigenvalue weighted by Gasteiger charge is 2.22. The standard InChI is InChI=1S/C46H75NS3/c1-6-9-12-15-18-20-22-24-26-29-32-39-38(5)49-44(40(39)33-30-27-25-23-21-19-16-13-10-7-2)43-36-42-46(50-43)45-41(35-37(4)48-45)47(42)34-31-28-17-14-11-8-3/h35-36H,6-34H2,1-5H3. The molecule has 0 aromatic carbocycles. The Hall–Kier alpha value is -1.10. The van der Waals surface area contributed by atoms with E-state index in [4.69, 9.17) is 0 Å². The monoisotopic (exact) mass is 738 g/mol. The molecule has 0 spiro atoms. The summed E-state index contributed by atoms with van der Waals surface area (Å²) in [6.45, 7) is 12.9. The highest BCUT2D eigenvalue weighted by molar-refractivity contribution is 7.30. The molecule has 0 N–H and O–H groups in total. The molecule has 0 saturated heterocycles. The Morgan fingerprint density at radius 3 is 1.38 bits per heavy atom. The highest BCUT2D eigenvalue weighted by atomic mass is 32.1. The molecule has 0 atom stereocenters. The second-order valence-corrected chi connectivity index (χ2v) is 19.2. The fraction of sp³-hybridized carbons (Fsp3) is 0.739. The normalized spacial score (nSPS) is 12.0. The van der Waals surface area contributed by atoms with Gasteiger partial charge in [-0.2, -0.15) is 0 Å². The number of nitrogens with zero attached hydrogens (tertiary/aromatic N) is 1. The first-order chi connectivity index (χ1) is 24.6. The fourth-order valence-corrected chi connectivity index (χ4v) is 11.8. The van der Waals surface area contributed by atoms with Crippen molar-refractivity contribution in [2.24, 2.45) is 0 Å². The largest absolute Gasteiger partial charge is 0.339 e. The maximum atomic E-state index is 2.70. The molecule has 1 nitrogen and oxygen atoms in total. The number of rotatable bonds is 30. The summed E-state index contributed by atoms with van der Waals surface area (Å²) in [7, 11) is 0. The summed E-state index contributed by atoms with van der Waals surface area (Å²) >= 11 is 6.25. The topological polar surface area (TPSA) is 4.93 Å². The number of aromatic nitrogens is 1. The Morgan fingerprint density at radius 2 is 0.860 bits per heavy atom. The van der Waals surface area contributed by atoms with E-state index in [1.807, 2.05) is 11.3 Å². The van der Waals surface area contributed by atoms with Gasteiger partial charge in [0.15, 0.2) is 0 Å². The molecule has 0 aliphatic carbocycles. The summed E-state index contributed by atoms with van der Waals surface area (Å²) < 4.78 is 5.78. The molecule has 0 saturated carbocycles. The van der Waals surface area contributed by atoms with Crippen molar-refractivity contribution in [3.05, 3.63) is 33.0 Å². The highest BCUT2D eigenvalue weighted by Crippen LogP contribution is 2.47. The molecule has 0 aliphatic heterocycles. The SMILES string of the molecule is CCCCCCCCCCCCc1c(C)sc(-c2cc3c(s2)c2sc(C)cc2n3CCCCCCCC)c1CCCCCCCCCCCC. The second kappa shape index (κ2) is 24.3. The van der Waals surface area contributed by atoms with Crippen LogP contribution in [0.3, 0.4) is 0 Å². The molecular formula is C46H75NS3. The van der Waals surface area contributed by atoms with Gasteiger partial charge in [0.25, 0.3) is 0 Å². The average molecular weight is 738 g/mol. The van der Waals surface area contributed by atoms with Crippen molar-refractivity contribution in [3.63, 3.8) is 0 Å². The first-order valence-electron chi connectivity index (χ1n) is 21.7. The maximum absolute atomic E-state index is 2.70. The molecule has 0 aliphatic rings. The summed E-state index contributed by atoms with van der Waals surface area (Å²) in [5.74, 6) is 0. The van der Waals surface area contributed by atoms with E-state index in [9.17, 15) is 0 Å². The Kier molecular flexibility index (Phi) is 20.2. The Balaban J connectivity index is 1.44. The first-order valence-corrected chi connectivity index (χ1v) is 24.2. The van der Waals surface area contributed by atoms with Crippen molar-refractivity contribution in [2.45, 2.75) is 221 Å². The summed E-state index contributed by atoms with van der Waals surface area (Å²) in [6.07, 6.45) is 39.0. The van der Waals surface area contributed by atoms with Crippen LogP contribution in [0.5, 0.6) is 0 Å². The third-order valence-corrected chi connectivity index (χ3v) is 14.9. The molecule has 0 fully saturated rings. The summed E-state index contributed by atoms with van der Waals surface area (Å²) in [4.78, 5) is 6.22. The molecule has 4 heteroatoms. The fourth-order valence-electron chi connectivity index (χ4n) is 8.14. The molecule has 50 heavy (non-hydrogen) atoms. The summed E-state index contributed by atoms with van der Waals surface area (Å²) in [5.41, 5.74) is 6.45. The van der Waals surface area contributed by atoms with Crippen molar-refractivity contribution in [3.8, 4) is 9.75 Å². The number of unbranched alkanes of at least 4 members (excludes halogenated alkanes) is 23. The second-order valence-electron chi connectivity index (χ2n) is 15.6. The predicted molar refractivity (Wildman–Crippen MR) is 232 cm³/mol. The van der Waals surface area contributed by atoms with Gasteiger partial charge in [-0.25, -0.2) is 0 Å². The lowest BCUT2D eigenvalue weighted by Gasteiger charge is -2.09. The minimum Gasteiger partial charge on any atom is -0.339 e. The Labute approximate surface area is 321 Å². The molecule has 0 radical (unpaired) electrons. The van der Waals surface area contributed by atoms with Crippen LogP contribution >= 0.6 is 34.0 Å². The summed E-state index contributed by atoms with van der Waals surface area (Å²) in [5, 5.41) is 0. The molecular weight excluding hydrogens is 663 g/mol. The van der Waals surface area contributed by atoms with Gasteiger partial charge in [-0.05, 0) is 69.2 Å². The van der Waals surface area contributed by atoms with Crippen LogP contribution in [-0.2, 0) is 19.4 Å². The first kappa shape index (κ1) is 41.7. The van der Waals surface area contributed by atoms with Gasteiger partial charge in [-0.1, -0.05) is 168 Å². The van der Waals surface area contributed by atoms with Crippen LogP contribution in [0, 0.1) is 13.8 Å². The molecule has 0 amide bonds. The van der Waals surface area contributed by atoms with Crippen LogP contribution < -0.4 is 0 Å². The van der Waals surface area contributed by atoms with Gasteiger partial charge in [0.1, 0.15) is 0 Å². The third kappa shape index (κ3) is 13.1. The van der Waals surface area contributed by atoms with Crippen LogP contribution in [0.2, 0.25) is 0 Å². The van der Waals surface area contributed by atoms with Crippen LogP contribution in [0.4, 0.5) is 0 Å². The van der Waals surface area contributed by atoms with E-state index in [-0.39, 0.29) is 0 Å². The molecule has 4 aromatic rings.